The van der Waals surface area contributed by atoms with Crippen molar-refractivity contribution in [2.45, 2.75) is 19.4 Å². The quantitative estimate of drug-likeness (QED) is 0.712. The van der Waals surface area contributed by atoms with Gasteiger partial charge in [-0.05, 0) is 6.42 Å². The lowest BCUT2D eigenvalue weighted by molar-refractivity contribution is -0.138. The molecule has 1 saturated heterocycles. The Kier molecular flexibility index (Phi) is 3.14. The molecule has 1 aromatic heterocycles. The van der Waals surface area contributed by atoms with Gasteiger partial charge in [0, 0.05) is 0 Å². The lowest BCUT2D eigenvalue weighted by Gasteiger charge is -2.32. The van der Waals surface area contributed by atoms with Crippen LogP contribution in [0.1, 0.15) is 23.8 Å². The Morgan fingerprint density at radius 3 is 3.00 bits per heavy atom. The van der Waals surface area contributed by atoms with E-state index in [9.17, 15) is 14.4 Å². The van der Waals surface area contributed by atoms with Crippen LogP contribution in [-0.2, 0) is 9.59 Å². The smallest absolute Gasteiger partial charge is 0.276 e. The van der Waals surface area contributed by atoms with E-state index >= 15 is 0 Å². The highest BCUT2D eigenvalue weighted by molar-refractivity contribution is 6.99. The Morgan fingerprint density at radius 1 is 1.65 bits per heavy atom. The van der Waals surface area contributed by atoms with Crippen LogP contribution >= 0.6 is 11.7 Å². The third-order valence-corrected chi connectivity index (χ3v) is 2.96. The fraction of sp³-hybridized carbons (Fsp3) is 0.444. The third kappa shape index (κ3) is 2.16. The average Bonchev–Trinajstić information content (AvgIpc) is 2.80. The maximum absolute atomic E-state index is 12.0. The number of hydrogen-bond donors (Lipinski definition) is 1. The number of amides is 3. The molecule has 1 unspecified atom stereocenters. The van der Waals surface area contributed by atoms with Crippen LogP contribution in [0.15, 0.2) is 6.20 Å². The molecule has 90 valence electrons. The molecule has 3 amide bonds. The predicted molar refractivity (Wildman–Crippen MR) is 58.2 cm³/mol. The highest BCUT2D eigenvalue weighted by Crippen LogP contribution is 2.13. The van der Waals surface area contributed by atoms with E-state index in [2.05, 4.69) is 14.1 Å². The van der Waals surface area contributed by atoms with E-state index in [1.54, 1.807) is 6.92 Å². The molecule has 0 aromatic carbocycles. The van der Waals surface area contributed by atoms with Gasteiger partial charge in [-0.3, -0.25) is 19.7 Å². The van der Waals surface area contributed by atoms with Gasteiger partial charge in [0.25, 0.3) is 5.91 Å². The van der Waals surface area contributed by atoms with Gasteiger partial charge in [-0.1, -0.05) is 6.92 Å². The largest absolute Gasteiger partial charge is 0.316 e. The Bertz CT molecular complexity index is 459. The molecule has 2 heterocycles. The molecular formula is C9H10N4O3S. The summed E-state index contributed by atoms with van der Waals surface area (Å²) in [6, 6.07) is -0.623. The minimum absolute atomic E-state index is 0.124. The summed E-state index contributed by atoms with van der Waals surface area (Å²) in [4.78, 5) is 36.1. The zero-order valence-corrected chi connectivity index (χ0v) is 9.86. The monoisotopic (exact) mass is 254 g/mol. The minimum Gasteiger partial charge on any atom is -0.316 e. The summed E-state index contributed by atoms with van der Waals surface area (Å²) in [5.74, 6) is -1.36. The van der Waals surface area contributed by atoms with Gasteiger partial charge in [-0.15, -0.1) is 0 Å². The van der Waals surface area contributed by atoms with E-state index in [-0.39, 0.29) is 12.2 Å². The number of aromatic nitrogens is 2. The average molecular weight is 254 g/mol. The number of nitrogens with zero attached hydrogens (tertiary/aromatic N) is 3. The summed E-state index contributed by atoms with van der Waals surface area (Å²) < 4.78 is 7.53. The molecule has 1 aromatic rings. The van der Waals surface area contributed by atoms with Crippen molar-refractivity contribution in [1.29, 1.82) is 0 Å². The maximum atomic E-state index is 12.0. The van der Waals surface area contributed by atoms with Crippen molar-refractivity contribution < 1.29 is 14.4 Å². The molecule has 0 bridgehead atoms. The van der Waals surface area contributed by atoms with E-state index in [0.717, 1.165) is 11.7 Å². The molecule has 7 nitrogen and oxygen atoms in total. The second kappa shape index (κ2) is 4.58. The fourth-order valence-electron chi connectivity index (χ4n) is 1.69. The zero-order chi connectivity index (χ0) is 12.4. The van der Waals surface area contributed by atoms with Crippen molar-refractivity contribution in [3.8, 4) is 0 Å². The molecule has 0 saturated carbocycles. The van der Waals surface area contributed by atoms with Crippen LogP contribution in [0.3, 0.4) is 0 Å². The lowest BCUT2D eigenvalue weighted by atomic mass is 10.1. The number of hydrogen-bond acceptors (Lipinski definition) is 6. The summed E-state index contributed by atoms with van der Waals surface area (Å²) >= 11 is 0.909. The van der Waals surface area contributed by atoms with Gasteiger partial charge in [0.15, 0.2) is 5.69 Å². The fourth-order valence-corrected chi connectivity index (χ4v) is 2.10. The molecule has 17 heavy (non-hydrogen) atoms. The number of piperazine rings is 1. The van der Waals surface area contributed by atoms with Crippen LogP contribution in [-0.4, -0.2) is 44.0 Å². The van der Waals surface area contributed by atoms with E-state index in [4.69, 9.17) is 0 Å². The van der Waals surface area contributed by atoms with Gasteiger partial charge in [-0.2, -0.15) is 8.75 Å². The first-order valence-electron chi connectivity index (χ1n) is 5.05. The van der Waals surface area contributed by atoms with Crippen molar-refractivity contribution in [1.82, 2.24) is 19.0 Å². The Morgan fingerprint density at radius 2 is 2.41 bits per heavy atom. The van der Waals surface area contributed by atoms with Gasteiger partial charge in [-0.25, -0.2) is 0 Å². The highest BCUT2D eigenvalue weighted by Gasteiger charge is 2.36. The van der Waals surface area contributed by atoms with Crippen LogP contribution in [0.4, 0.5) is 0 Å². The molecular weight excluding hydrogens is 244 g/mol. The molecule has 1 fully saturated rings. The summed E-state index contributed by atoms with van der Waals surface area (Å²) in [5.41, 5.74) is 0.163. The third-order valence-electron chi connectivity index (χ3n) is 2.48. The van der Waals surface area contributed by atoms with Gasteiger partial charge in [0.05, 0.1) is 17.9 Å². The second-order valence-electron chi connectivity index (χ2n) is 3.56. The van der Waals surface area contributed by atoms with Crippen molar-refractivity contribution in [2.24, 2.45) is 0 Å². The first kappa shape index (κ1) is 11.6. The van der Waals surface area contributed by atoms with Crippen molar-refractivity contribution in [3.05, 3.63) is 11.9 Å². The topological polar surface area (TPSA) is 92.3 Å². The van der Waals surface area contributed by atoms with Crippen LogP contribution in [0.2, 0.25) is 0 Å². The molecule has 0 aliphatic carbocycles. The number of carbonyl (C=O) groups is 3. The minimum atomic E-state index is -0.623. The van der Waals surface area contributed by atoms with Gasteiger partial charge < -0.3 is 4.90 Å². The summed E-state index contributed by atoms with van der Waals surface area (Å²) in [5, 5.41) is 2.21. The molecule has 1 N–H and O–H groups in total. The number of imide groups is 1. The van der Waals surface area contributed by atoms with Crippen LogP contribution < -0.4 is 5.32 Å². The van der Waals surface area contributed by atoms with Crippen molar-refractivity contribution in [3.63, 3.8) is 0 Å². The van der Waals surface area contributed by atoms with E-state index in [0.29, 0.717) is 6.42 Å². The Balaban J connectivity index is 2.25. The van der Waals surface area contributed by atoms with E-state index in [1.165, 1.54) is 11.1 Å². The van der Waals surface area contributed by atoms with Crippen LogP contribution in [0.25, 0.3) is 0 Å². The van der Waals surface area contributed by atoms with E-state index in [1.807, 2.05) is 0 Å². The first-order valence-corrected chi connectivity index (χ1v) is 5.78. The molecule has 8 heteroatoms. The molecule has 1 aliphatic heterocycles. The highest BCUT2D eigenvalue weighted by atomic mass is 32.1. The standard InChI is InChI=1S/C9H10N4O3S/c1-2-6-8(15)11-7(14)4-13(6)9(16)5-3-10-17-12-5/h3,6H,2,4H2,1H3,(H,11,14,15). The summed E-state index contributed by atoms with van der Waals surface area (Å²) in [6.07, 6.45) is 1.78. The molecule has 1 atom stereocenters. The predicted octanol–water partition coefficient (Wildman–Crippen LogP) is -0.585. The second-order valence-corrected chi connectivity index (χ2v) is 4.12. The lowest BCUT2D eigenvalue weighted by Crippen LogP contribution is -2.59. The van der Waals surface area contributed by atoms with E-state index < -0.39 is 23.8 Å². The molecule has 0 radical (unpaired) electrons. The van der Waals surface area contributed by atoms with Gasteiger partial charge >= 0.3 is 0 Å². The maximum Gasteiger partial charge on any atom is 0.276 e. The number of nitrogens with one attached hydrogen (secondary N) is 1. The van der Waals surface area contributed by atoms with Crippen LogP contribution in [0, 0.1) is 0 Å². The van der Waals surface area contributed by atoms with Gasteiger partial charge in [0.1, 0.15) is 12.6 Å². The zero-order valence-electron chi connectivity index (χ0n) is 9.04. The van der Waals surface area contributed by atoms with Crippen molar-refractivity contribution in [2.75, 3.05) is 6.54 Å². The van der Waals surface area contributed by atoms with Crippen molar-refractivity contribution >= 4 is 29.4 Å². The molecule has 0 spiro atoms. The summed E-state index contributed by atoms with van der Waals surface area (Å²) in [7, 11) is 0. The summed E-state index contributed by atoms with van der Waals surface area (Å²) in [6.45, 7) is 1.65. The van der Waals surface area contributed by atoms with Crippen LogP contribution in [0.5, 0.6) is 0 Å². The van der Waals surface area contributed by atoms with Gasteiger partial charge in [0.2, 0.25) is 11.8 Å². The Hall–Kier alpha value is -1.83. The normalized spacial score (nSPS) is 20.3. The SMILES string of the molecule is CCC1C(=O)NC(=O)CN1C(=O)c1cnsn1. The Labute approximate surface area is 101 Å². The first-order chi connectivity index (χ1) is 8.13. The molecule has 2 rings (SSSR count). The number of rotatable bonds is 2. The molecule has 1 aliphatic rings. The number of carbonyl (C=O) groups excluding carboxylic acids is 3.